The molecule has 6 heteroatoms. The average molecular weight is 392 g/mol. The lowest BCUT2D eigenvalue weighted by Gasteiger charge is -2.12. The second kappa shape index (κ2) is 8.49. The summed E-state index contributed by atoms with van der Waals surface area (Å²) in [5.41, 5.74) is 2.98. The molecule has 0 saturated carbocycles. The molecule has 1 aliphatic rings. The van der Waals surface area contributed by atoms with Crippen LogP contribution in [-0.4, -0.2) is 32.3 Å². The van der Waals surface area contributed by atoms with Gasteiger partial charge in [-0.25, -0.2) is 4.99 Å². The zero-order valence-electron chi connectivity index (χ0n) is 16.6. The van der Waals surface area contributed by atoms with Crippen molar-refractivity contribution in [3.63, 3.8) is 0 Å². The van der Waals surface area contributed by atoms with Gasteiger partial charge >= 0.3 is 0 Å². The van der Waals surface area contributed by atoms with Crippen molar-refractivity contribution in [1.82, 2.24) is 5.32 Å². The van der Waals surface area contributed by atoms with Crippen molar-refractivity contribution in [2.24, 2.45) is 4.99 Å². The molecule has 1 aromatic heterocycles. The molecule has 0 bridgehead atoms. The summed E-state index contributed by atoms with van der Waals surface area (Å²) >= 11 is 0. The molecule has 4 rings (SSSR count). The van der Waals surface area contributed by atoms with E-state index in [1.807, 2.05) is 49.4 Å². The van der Waals surface area contributed by atoms with Crippen LogP contribution in [0.15, 0.2) is 57.9 Å². The van der Waals surface area contributed by atoms with Crippen molar-refractivity contribution in [3.05, 3.63) is 65.2 Å². The Morgan fingerprint density at radius 2 is 2.10 bits per heavy atom. The number of hydrogen-bond acceptors (Lipinski definition) is 5. The number of nitrogens with one attached hydrogen (secondary N) is 1. The summed E-state index contributed by atoms with van der Waals surface area (Å²) in [4.78, 5) is 17.6. The fourth-order valence-electron chi connectivity index (χ4n) is 3.45. The maximum absolute atomic E-state index is 13.0. The van der Waals surface area contributed by atoms with E-state index >= 15 is 0 Å². The van der Waals surface area contributed by atoms with Crippen LogP contribution in [0.1, 0.15) is 28.8 Å². The third-order valence-electron chi connectivity index (χ3n) is 4.95. The van der Waals surface area contributed by atoms with E-state index in [-0.39, 0.29) is 17.6 Å². The number of methoxy groups -OCH3 is 1. The Balaban J connectivity index is 1.79. The van der Waals surface area contributed by atoms with E-state index in [2.05, 4.69) is 10.3 Å². The van der Waals surface area contributed by atoms with Gasteiger partial charge in [-0.15, -0.1) is 0 Å². The predicted molar refractivity (Wildman–Crippen MR) is 110 cm³/mol. The van der Waals surface area contributed by atoms with Crippen LogP contribution >= 0.6 is 0 Å². The highest BCUT2D eigenvalue weighted by Gasteiger charge is 2.19. The van der Waals surface area contributed by atoms with Crippen LogP contribution in [0.4, 0.5) is 5.69 Å². The number of carbonyl (C=O) groups is 1. The van der Waals surface area contributed by atoms with E-state index in [0.29, 0.717) is 23.4 Å². The number of aryl methyl sites for hydroxylation is 1. The summed E-state index contributed by atoms with van der Waals surface area (Å²) in [6.07, 6.45) is 2.05. The van der Waals surface area contributed by atoms with Crippen LogP contribution in [0.2, 0.25) is 0 Å². The fraction of sp³-hybridized carbons (Fsp3) is 0.304. The number of hydrogen-bond donors (Lipinski definition) is 1. The van der Waals surface area contributed by atoms with Crippen LogP contribution in [0.25, 0.3) is 11.0 Å². The van der Waals surface area contributed by atoms with Gasteiger partial charge in [0, 0.05) is 18.5 Å². The van der Waals surface area contributed by atoms with Gasteiger partial charge in [0.1, 0.15) is 5.56 Å². The number of carbonyl (C=O) groups excluding carboxylic acids is 1. The molecule has 0 radical (unpaired) electrons. The smallest absolute Gasteiger partial charge is 0.256 e. The standard InChI is InChI=1S/C23H24N2O4/c1-15-6-3-8-17(12-15)25-23-19(22(26)24-14-18-9-5-11-28-18)13-16-7-4-10-20(27-2)21(16)29-23/h3-4,6-8,10,12-13,18H,5,9,11,14H2,1-2H3,(H,24,26). The molecule has 0 aliphatic carbocycles. The van der Waals surface area contributed by atoms with Crippen molar-refractivity contribution in [2.75, 3.05) is 20.3 Å². The normalized spacial score (nSPS) is 16.9. The van der Waals surface area contributed by atoms with Gasteiger partial charge in [-0.2, -0.15) is 0 Å². The van der Waals surface area contributed by atoms with Crippen LogP contribution < -0.4 is 15.6 Å². The van der Waals surface area contributed by atoms with E-state index in [1.54, 1.807) is 13.2 Å². The van der Waals surface area contributed by atoms with Gasteiger partial charge in [0.15, 0.2) is 11.3 Å². The summed E-state index contributed by atoms with van der Waals surface area (Å²) in [7, 11) is 1.59. The van der Waals surface area contributed by atoms with Gasteiger partial charge in [-0.05, 0) is 49.6 Å². The van der Waals surface area contributed by atoms with Gasteiger partial charge in [0.05, 0.1) is 18.9 Å². The maximum Gasteiger partial charge on any atom is 0.256 e. The Morgan fingerprint density at radius 1 is 1.24 bits per heavy atom. The first kappa shape index (κ1) is 19.2. The molecule has 3 aromatic rings. The molecule has 29 heavy (non-hydrogen) atoms. The molecule has 6 nitrogen and oxygen atoms in total. The minimum atomic E-state index is -0.236. The number of para-hydroxylation sites is 1. The molecule has 1 N–H and O–H groups in total. The highest BCUT2D eigenvalue weighted by atomic mass is 16.5. The third kappa shape index (κ3) is 4.32. The Bertz CT molecular complexity index is 1100. The Labute approximate surface area is 169 Å². The number of amides is 1. The molecule has 1 saturated heterocycles. The summed E-state index contributed by atoms with van der Waals surface area (Å²) in [6.45, 7) is 3.22. The van der Waals surface area contributed by atoms with Crippen LogP contribution in [-0.2, 0) is 4.74 Å². The highest BCUT2D eigenvalue weighted by Crippen LogP contribution is 2.25. The van der Waals surface area contributed by atoms with Gasteiger partial charge in [-0.3, -0.25) is 4.79 Å². The lowest BCUT2D eigenvalue weighted by molar-refractivity contribution is 0.0854. The first-order valence-corrected chi connectivity index (χ1v) is 9.76. The average Bonchev–Trinajstić information content (AvgIpc) is 3.25. The second-order valence-corrected chi connectivity index (χ2v) is 7.14. The number of fused-ring (bicyclic) bond motifs is 1. The lowest BCUT2D eigenvalue weighted by atomic mass is 10.1. The highest BCUT2D eigenvalue weighted by molar-refractivity contribution is 5.97. The summed E-state index contributed by atoms with van der Waals surface area (Å²) < 4.78 is 17.1. The summed E-state index contributed by atoms with van der Waals surface area (Å²) in [5.74, 6) is 0.356. The number of rotatable bonds is 5. The fourth-order valence-corrected chi connectivity index (χ4v) is 3.45. The van der Waals surface area contributed by atoms with E-state index in [9.17, 15) is 4.79 Å². The topological polar surface area (TPSA) is 73.1 Å². The number of ether oxygens (including phenoxy) is 2. The summed E-state index contributed by atoms with van der Waals surface area (Å²) in [5, 5.41) is 3.73. The Hall–Kier alpha value is -3.12. The molecule has 1 atom stereocenters. The minimum Gasteiger partial charge on any atom is -0.493 e. The molecule has 2 aromatic carbocycles. The SMILES string of the molecule is COc1cccc2cc(C(=O)NCC3CCCO3)c(=Nc3cccc(C)c3)oc12. The van der Waals surface area contributed by atoms with E-state index in [4.69, 9.17) is 13.9 Å². The molecule has 1 unspecified atom stereocenters. The Morgan fingerprint density at radius 3 is 2.86 bits per heavy atom. The van der Waals surface area contributed by atoms with Crippen LogP contribution in [0.5, 0.6) is 5.75 Å². The van der Waals surface area contributed by atoms with Crippen molar-refractivity contribution in [3.8, 4) is 5.75 Å². The van der Waals surface area contributed by atoms with E-state index < -0.39 is 0 Å². The Kier molecular flexibility index (Phi) is 5.62. The van der Waals surface area contributed by atoms with Crippen molar-refractivity contribution >= 4 is 22.6 Å². The molecule has 2 heterocycles. The lowest BCUT2D eigenvalue weighted by Crippen LogP contribution is -2.34. The van der Waals surface area contributed by atoms with Crippen LogP contribution in [0.3, 0.4) is 0 Å². The molecular weight excluding hydrogens is 368 g/mol. The van der Waals surface area contributed by atoms with E-state index in [0.717, 1.165) is 36.1 Å². The van der Waals surface area contributed by atoms with Crippen molar-refractivity contribution in [2.45, 2.75) is 25.9 Å². The second-order valence-electron chi connectivity index (χ2n) is 7.14. The number of benzene rings is 2. The van der Waals surface area contributed by atoms with Crippen LogP contribution in [0, 0.1) is 6.92 Å². The molecule has 1 fully saturated rings. The largest absolute Gasteiger partial charge is 0.493 e. The van der Waals surface area contributed by atoms with Gasteiger partial charge in [-0.1, -0.05) is 24.3 Å². The minimum absolute atomic E-state index is 0.0635. The third-order valence-corrected chi connectivity index (χ3v) is 4.95. The predicted octanol–water partition coefficient (Wildman–Crippen LogP) is 3.89. The molecule has 1 aliphatic heterocycles. The van der Waals surface area contributed by atoms with Gasteiger partial charge in [0.2, 0.25) is 5.55 Å². The molecule has 1 amide bonds. The van der Waals surface area contributed by atoms with E-state index in [1.165, 1.54) is 0 Å². The monoisotopic (exact) mass is 392 g/mol. The molecular formula is C23H24N2O4. The van der Waals surface area contributed by atoms with Crippen molar-refractivity contribution in [1.29, 1.82) is 0 Å². The first-order valence-electron chi connectivity index (χ1n) is 9.76. The summed E-state index contributed by atoms with van der Waals surface area (Å²) in [6, 6.07) is 15.1. The molecule has 0 spiro atoms. The van der Waals surface area contributed by atoms with Gasteiger partial charge in [0.25, 0.3) is 5.91 Å². The quantitative estimate of drug-likeness (QED) is 0.715. The zero-order chi connectivity index (χ0) is 20.2. The number of nitrogens with zero attached hydrogens (tertiary/aromatic N) is 1. The zero-order valence-corrected chi connectivity index (χ0v) is 16.6. The first-order chi connectivity index (χ1) is 14.1. The molecule has 150 valence electrons. The maximum atomic E-state index is 13.0. The van der Waals surface area contributed by atoms with Crippen molar-refractivity contribution < 1.29 is 18.7 Å². The van der Waals surface area contributed by atoms with Gasteiger partial charge < -0.3 is 19.2 Å².